The Labute approximate surface area is 94.2 Å². The highest BCUT2D eigenvalue weighted by atomic mass is 19.1. The van der Waals surface area contributed by atoms with Gasteiger partial charge in [-0.25, -0.2) is 4.39 Å². The Morgan fingerprint density at radius 1 is 0.938 bits per heavy atom. The van der Waals surface area contributed by atoms with Crippen molar-refractivity contribution in [2.45, 2.75) is 5.92 Å². The number of aliphatic hydroxyl groups is 1. The Bertz CT molecular complexity index is 453. The molecule has 0 amide bonds. The summed E-state index contributed by atoms with van der Waals surface area (Å²) < 4.78 is 13.6. The van der Waals surface area contributed by atoms with Gasteiger partial charge in [0.2, 0.25) is 0 Å². The number of hydrogen-bond donors (Lipinski definition) is 1. The van der Waals surface area contributed by atoms with E-state index in [1.807, 2.05) is 30.3 Å². The number of hydrogen-bond acceptors (Lipinski definition) is 1. The lowest BCUT2D eigenvalue weighted by molar-refractivity contribution is 0.278. The van der Waals surface area contributed by atoms with E-state index in [1.54, 1.807) is 18.2 Å². The molecule has 1 nitrogen and oxygen atoms in total. The van der Waals surface area contributed by atoms with Gasteiger partial charge in [0.15, 0.2) is 0 Å². The molecule has 0 aliphatic heterocycles. The van der Waals surface area contributed by atoms with Gasteiger partial charge in [-0.3, -0.25) is 0 Å². The number of aliphatic hydroxyl groups excluding tert-OH is 1. The molecule has 0 aliphatic rings. The molecule has 0 aromatic heterocycles. The molecule has 0 heterocycles. The molecule has 2 rings (SSSR count). The second-order valence-corrected chi connectivity index (χ2v) is 3.67. The van der Waals surface area contributed by atoms with Gasteiger partial charge in [-0.15, -0.1) is 0 Å². The minimum absolute atomic E-state index is 0.0923. The maximum atomic E-state index is 13.6. The van der Waals surface area contributed by atoms with Gasteiger partial charge in [0.25, 0.3) is 0 Å². The van der Waals surface area contributed by atoms with Crippen molar-refractivity contribution in [2.24, 2.45) is 0 Å². The molecule has 2 heteroatoms. The average molecular weight is 216 g/mol. The third kappa shape index (κ3) is 2.12. The Morgan fingerprint density at radius 2 is 1.56 bits per heavy atom. The van der Waals surface area contributed by atoms with Crippen LogP contribution in [0.1, 0.15) is 17.0 Å². The first-order valence-corrected chi connectivity index (χ1v) is 5.23. The van der Waals surface area contributed by atoms with Gasteiger partial charge in [0.1, 0.15) is 5.82 Å². The van der Waals surface area contributed by atoms with Crippen LogP contribution in [0.4, 0.5) is 4.39 Å². The molecule has 0 radical (unpaired) electrons. The van der Waals surface area contributed by atoms with Crippen molar-refractivity contribution < 1.29 is 9.50 Å². The maximum absolute atomic E-state index is 13.6. The summed E-state index contributed by atoms with van der Waals surface area (Å²) in [7, 11) is 0. The fourth-order valence-electron chi connectivity index (χ4n) is 1.83. The summed E-state index contributed by atoms with van der Waals surface area (Å²) >= 11 is 0. The maximum Gasteiger partial charge on any atom is 0.127 e. The van der Waals surface area contributed by atoms with Crippen LogP contribution in [-0.2, 0) is 0 Å². The monoisotopic (exact) mass is 216 g/mol. The van der Waals surface area contributed by atoms with Gasteiger partial charge in [-0.2, -0.15) is 0 Å². The van der Waals surface area contributed by atoms with Crippen LogP contribution in [0.3, 0.4) is 0 Å². The van der Waals surface area contributed by atoms with E-state index in [2.05, 4.69) is 0 Å². The zero-order chi connectivity index (χ0) is 11.4. The molecular formula is C14H13FO. The normalized spacial score (nSPS) is 12.4. The van der Waals surface area contributed by atoms with E-state index in [0.717, 1.165) is 5.56 Å². The van der Waals surface area contributed by atoms with Gasteiger partial charge in [0.05, 0.1) is 6.61 Å². The summed E-state index contributed by atoms with van der Waals surface area (Å²) in [6.07, 6.45) is 0. The van der Waals surface area contributed by atoms with Crippen LogP contribution in [0.15, 0.2) is 54.6 Å². The lowest BCUT2D eigenvalue weighted by Gasteiger charge is -2.15. The summed E-state index contributed by atoms with van der Waals surface area (Å²) in [5, 5.41) is 9.39. The Morgan fingerprint density at radius 3 is 2.19 bits per heavy atom. The smallest absolute Gasteiger partial charge is 0.127 e. The third-order valence-electron chi connectivity index (χ3n) is 2.67. The van der Waals surface area contributed by atoms with E-state index in [1.165, 1.54) is 6.07 Å². The fraction of sp³-hybridized carbons (Fsp3) is 0.143. The van der Waals surface area contributed by atoms with Crippen molar-refractivity contribution in [3.63, 3.8) is 0 Å². The van der Waals surface area contributed by atoms with Gasteiger partial charge in [-0.05, 0) is 17.2 Å². The molecule has 1 N–H and O–H groups in total. The fourth-order valence-corrected chi connectivity index (χ4v) is 1.83. The quantitative estimate of drug-likeness (QED) is 0.836. The Balaban J connectivity index is 2.41. The highest BCUT2D eigenvalue weighted by Crippen LogP contribution is 2.25. The first kappa shape index (κ1) is 10.8. The SMILES string of the molecule is OCC(c1ccccc1)c1ccccc1F. The summed E-state index contributed by atoms with van der Waals surface area (Å²) in [5.41, 5.74) is 1.46. The molecule has 2 aromatic rings. The van der Waals surface area contributed by atoms with Crippen LogP contribution >= 0.6 is 0 Å². The van der Waals surface area contributed by atoms with Crippen molar-refractivity contribution in [2.75, 3.05) is 6.61 Å². The van der Waals surface area contributed by atoms with Crippen molar-refractivity contribution in [1.29, 1.82) is 0 Å². The lowest BCUT2D eigenvalue weighted by atomic mass is 9.92. The zero-order valence-electron chi connectivity index (χ0n) is 8.81. The minimum atomic E-state index is -0.289. The van der Waals surface area contributed by atoms with E-state index in [9.17, 15) is 9.50 Å². The van der Waals surface area contributed by atoms with E-state index < -0.39 is 0 Å². The van der Waals surface area contributed by atoms with Crippen LogP contribution < -0.4 is 0 Å². The second-order valence-electron chi connectivity index (χ2n) is 3.67. The van der Waals surface area contributed by atoms with Crippen molar-refractivity contribution in [3.05, 3.63) is 71.5 Å². The summed E-state index contributed by atoms with van der Waals surface area (Å²) in [4.78, 5) is 0. The van der Waals surface area contributed by atoms with Crippen LogP contribution in [-0.4, -0.2) is 11.7 Å². The highest BCUT2D eigenvalue weighted by Gasteiger charge is 2.15. The van der Waals surface area contributed by atoms with Gasteiger partial charge >= 0.3 is 0 Å². The van der Waals surface area contributed by atoms with Gasteiger partial charge < -0.3 is 5.11 Å². The van der Waals surface area contributed by atoms with Crippen LogP contribution in [0, 0.1) is 5.82 Å². The largest absolute Gasteiger partial charge is 0.395 e. The number of halogens is 1. The van der Waals surface area contributed by atoms with E-state index in [4.69, 9.17) is 0 Å². The second kappa shape index (κ2) is 4.90. The topological polar surface area (TPSA) is 20.2 Å². The van der Waals surface area contributed by atoms with Gasteiger partial charge in [0, 0.05) is 5.92 Å². The van der Waals surface area contributed by atoms with Crippen molar-refractivity contribution in [1.82, 2.24) is 0 Å². The third-order valence-corrected chi connectivity index (χ3v) is 2.67. The molecule has 0 saturated heterocycles. The standard InChI is InChI=1S/C14H13FO/c15-14-9-5-4-8-12(14)13(10-16)11-6-2-1-3-7-11/h1-9,13,16H,10H2. The number of benzene rings is 2. The molecule has 0 bridgehead atoms. The number of rotatable bonds is 3. The average Bonchev–Trinajstić information content (AvgIpc) is 2.34. The van der Waals surface area contributed by atoms with Gasteiger partial charge in [-0.1, -0.05) is 48.5 Å². The van der Waals surface area contributed by atoms with Crippen LogP contribution in [0.2, 0.25) is 0 Å². The molecular weight excluding hydrogens is 203 g/mol. The van der Waals surface area contributed by atoms with E-state index in [0.29, 0.717) is 5.56 Å². The summed E-state index contributed by atoms with van der Waals surface area (Å²) in [5.74, 6) is -0.562. The molecule has 0 saturated carbocycles. The highest BCUT2D eigenvalue weighted by molar-refractivity contribution is 5.33. The van der Waals surface area contributed by atoms with Crippen LogP contribution in [0.5, 0.6) is 0 Å². The molecule has 1 unspecified atom stereocenters. The van der Waals surface area contributed by atoms with Crippen LogP contribution in [0.25, 0.3) is 0 Å². The predicted octanol–water partition coefficient (Wildman–Crippen LogP) is 2.95. The molecule has 82 valence electrons. The predicted molar refractivity (Wildman–Crippen MR) is 61.8 cm³/mol. The zero-order valence-corrected chi connectivity index (χ0v) is 8.81. The van der Waals surface area contributed by atoms with Crippen molar-refractivity contribution >= 4 is 0 Å². The Kier molecular flexibility index (Phi) is 3.32. The van der Waals surface area contributed by atoms with E-state index >= 15 is 0 Å². The van der Waals surface area contributed by atoms with Crippen molar-refractivity contribution in [3.8, 4) is 0 Å². The molecule has 0 aliphatic carbocycles. The summed E-state index contributed by atoms with van der Waals surface area (Å²) in [6.45, 7) is -0.0923. The minimum Gasteiger partial charge on any atom is -0.395 e. The summed E-state index contributed by atoms with van der Waals surface area (Å²) in [6, 6.07) is 16.0. The Hall–Kier alpha value is -1.67. The molecule has 2 aromatic carbocycles. The molecule has 16 heavy (non-hydrogen) atoms. The molecule has 1 atom stereocenters. The molecule has 0 spiro atoms. The first-order valence-electron chi connectivity index (χ1n) is 5.23. The lowest BCUT2D eigenvalue weighted by Crippen LogP contribution is -2.07. The molecule has 0 fully saturated rings. The van der Waals surface area contributed by atoms with E-state index in [-0.39, 0.29) is 18.3 Å². The first-order chi connectivity index (χ1) is 7.83.